The van der Waals surface area contributed by atoms with E-state index in [1.807, 2.05) is 36.5 Å². The van der Waals surface area contributed by atoms with Gasteiger partial charge in [-0.25, -0.2) is 9.78 Å². The van der Waals surface area contributed by atoms with Crippen LogP contribution >= 0.6 is 0 Å². The van der Waals surface area contributed by atoms with Gasteiger partial charge in [0, 0.05) is 23.3 Å². The minimum absolute atomic E-state index is 0.194. The predicted octanol–water partition coefficient (Wildman–Crippen LogP) is 2.93. The topological polar surface area (TPSA) is 66.0 Å². The molecule has 0 aliphatic heterocycles. The standard InChI is InChI=1S/C14H10N2O2/c17-14(18)10-6-11-12(8-16-13(11)15-7-10)9-4-2-1-3-5-9/h1-8H,(H,15,16)(H,17,18). The molecule has 4 heteroatoms. The fourth-order valence-electron chi connectivity index (χ4n) is 1.98. The zero-order valence-electron chi connectivity index (χ0n) is 9.42. The number of carbonyl (C=O) groups is 1. The summed E-state index contributed by atoms with van der Waals surface area (Å²) in [4.78, 5) is 18.1. The van der Waals surface area contributed by atoms with Gasteiger partial charge in [0.05, 0.1) is 5.56 Å². The molecule has 18 heavy (non-hydrogen) atoms. The molecule has 0 spiro atoms. The molecule has 0 atom stereocenters. The first-order valence-corrected chi connectivity index (χ1v) is 5.51. The smallest absolute Gasteiger partial charge is 0.337 e. The Balaban J connectivity index is 2.24. The first-order valence-electron chi connectivity index (χ1n) is 5.51. The lowest BCUT2D eigenvalue weighted by Gasteiger charge is -1.99. The van der Waals surface area contributed by atoms with E-state index in [1.54, 1.807) is 6.07 Å². The Morgan fingerprint density at radius 3 is 2.72 bits per heavy atom. The summed E-state index contributed by atoms with van der Waals surface area (Å²) in [6, 6.07) is 11.4. The molecule has 88 valence electrons. The van der Waals surface area contributed by atoms with Crippen molar-refractivity contribution in [2.24, 2.45) is 0 Å². The third kappa shape index (κ3) is 1.64. The molecule has 4 nitrogen and oxygen atoms in total. The van der Waals surface area contributed by atoms with Crippen molar-refractivity contribution in [3.05, 3.63) is 54.4 Å². The molecule has 0 unspecified atom stereocenters. The molecular weight excluding hydrogens is 228 g/mol. The second-order valence-corrected chi connectivity index (χ2v) is 3.99. The van der Waals surface area contributed by atoms with Crippen LogP contribution in [0.4, 0.5) is 0 Å². The fourth-order valence-corrected chi connectivity index (χ4v) is 1.98. The van der Waals surface area contributed by atoms with Gasteiger partial charge in [-0.05, 0) is 11.6 Å². The zero-order valence-corrected chi connectivity index (χ0v) is 9.42. The summed E-state index contributed by atoms with van der Waals surface area (Å²) < 4.78 is 0. The summed E-state index contributed by atoms with van der Waals surface area (Å²) >= 11 is 0. The van der Waals surface area contributed by atoms with Crippen molar-refractivity contribution in [1.29, 1.82) is 0 Å². The minimum atomic E-state index is -0.968. The molecule has 0 aliphatic rings. The first kappa shape index (κ1) is 10.5. The number of benzene rings is 1. The second-order valence-electron chi connectivity index (χ2n) is 3.99. The summed E-state index contributed by atoms with van der Waals surface area (Å²) in [6.07, 6.45) is 3.20. The third-order valence-electron chi connectivity index (χ3n) is 2.86. The van der Waals surface area contributed by atoms with E-state index in [2.05, 4.69) is 9.97 Å². The quantitative estimate of drug-likeness (QED) is 0.721. The van der Waals surface area contributed by atoms with Gasteiger partial charge >= 0.3 is 5.97 Å². The summed E-state index contributed by atoms with van der Waals surface area (Å²) in [7, 11) is 0. The van der Waals surface area contributed by atoms with E-state index in [-0.39, 0.29) is 5.56 Å². The van der Waals surface area contributed by atoms with E-state index < -0.39 is 5.97 Å². The highest BCUT2D eigenvalue weighted by Crippen LogP contribution is 2.27. The van der Waals surface area contributed by atoms with Crippen LogP contribution in [-0.2, 0) is 0 Å². The van der Waals surface area contributed by atoms with Crippen LogP contribution in [0.5, 0.6) is 0 Å². The number of rotatable bonds is 2. The number of aromatic carboxylic acids is 1. The summed E-state index contributed by atoms with van der Waals surface area (Å²) in [6.45, 7) is 0. The molecule has 0 saturated heterocycles. The van der Waals surface area contributed by atoms with Crippen LogP contribution in [-0.4, -0.2) is 21.0 Å². The van der Waals surface area contributed by atoms with Crippen molar-refractivity contribution in [3.8, 4) is 11.1 Å². The number of pyridine rings is 1. The lowest BCUT2D eigenvalue weighted by molar-refractivity contribution is 0.0696. The fraction of sp³-hybridized carbons (Fsp3) is 0. The number of aromatic amines is 1. The lowest BCUT2D eigenvalue weighted by atomic mass is 10.1. The lowest BCUT2D eigenvalue weighted by Crippen LogP contribution is -1.96. The Hall–Kier alpha value is -2.62. The van der Waals surface area contributed by atoms with Gasteiger partial charge < -0.3 is 10.1 Å². The first-order chi connectivity index (χ1) is 8.75. The van der Waals surface area contributed by atoms with Crippen LogP contribution in [0.1, 0.15) is 10.4 Å². The van der Waals surface area contributed by atoms with Gasteiger partial charge in [0.25, 0.3) is 0 Å². The molecule has 0 aliphatic carbocycles. The van der Waals surface area contributed by atoms with E-state index in [0.717, 1.165) is 16.5 Å². The van der Waals surface area contributed by atoms with Gasteiger partial charge in [0.2, 0.25) is 0 Å². The number of carboxylic acids is 1. The maximum Gasteiger partial charge on any atom is 0.337 e. The number of nitrogens with zero attached hydrogens (tertiary/aromatic N) is 1. The number of carboxylic acid groups (broad SMARTS) is 1. The van der Waals surface area contributed by atoms with E-state index in [9.17, 15) is 4.79 Å². The van der Waals surface area contributed by atoms with Crippen molar-refractivity contribution in [2.45, 2.75) is 0 Å². The van der Waals surface area contributed by atoms with Gasteiger partial charge in [-0.1, -0.05) is 30.3 Å². The van der Waals surface area contributed by atoms with Crippen LogP contribution in [0.25, 0.3) is 22.2 Å². The van der Waals surface area contributed by atoms with Gasteiger partial charge in [-0.15, -0.1) is 0 Å². The van der Waals surface area contributed by atoms with Crippen LogP contribution in [0, 0.1) is 0 Å². The summed E-state index contributed by atoms with van der Waals surface area (Å²) in [5, 5.41) is 9.81. The average molecular weight is 238 g/mol. The Morgan fingerprint density at radius 1 is 1.22 bits per heavy atom. The molecule has 3 aromatic rings. The normalized spacial score (nSPS) is 10.7. The minimum Gasteiger partial charge on any atom is -0.478 e. The van der Waals surface area contributed by atoms with Crippen molar-refractivity contribution in [2.75, 3.05) is 0 Å². The van der Waals surface area contributed by atoms with Crippen molar-refractivity contribution >= 4 is 17.0 Å². The van der Waals surface area contributed by atoms with Crippen LogP contribution < -0.4 is 0 Å². The number of fused-ring (bicyclic) bond motifs is 1. The van der Waals surface area contributed by atoms with Crippen LogP contribution in [0.2, 0.25) is 0 Å². The highest BCUT2D eigenvalue weighted by Gasteiger charge is 2.10. The molecule has 2 aromatic heterocycles. The van der Waals surface area contributed by atoms with E-state index in [1.165, 1.54) is 6.20 Å². The van der Waals surface area contributed by atoms with Crippen LogP contribution in [0.3, 0.4) is 0 Å². The van der Waals surface area contributed by atoms with Gasteiger partial charge in [-0.2, -0.15) is 0 Å². The second kappa shape index (κ2) is 4.00. The largest absolute Gasteiger partial charge is 0.478 e. The molecule has 0 bridgehead atoms. The average Bonchev–Trinajstić information content (AvgIpc) is 2.82. The Bertz CT molecular complexity index is 717. The molecule has 3 rings (SSSR count). The van der Waals surface area contributed by atoms with Gasteiger partial charge in [0.15, 0.2) is 0 Å². The number of hydrogen-bond donors (Lipinski definition) is 2. The van der Waals surface area contributed by atoms with Gasteiger partial charge in [-0.3, -0.25) is 0 Å². The maximum atomic E-state index is 11.0. The van der Waals surface area contributed by atoms with Crippen molar-refractivity contribution < 1.29 is 9.90 Å². The maximum absolute atomic E-state index is 11.0. The SMILES string of the molecule is O=C(O)c1cnc2[nH]cc(-c3ccccc3)c2c1. The number of nitrogens with one attached hydrogen (secondary N) is 1. The van der Waals surface area contributed by atoms with Gasteiger partial charge in [0.1, 0.15) is 5.65 Å². The molecule has 2 N–H and O–H groups in total. The number of hydrogen-bond acceptors (Lipinski definition) is 2. The molecule has 0 amide bonds. The van der Waals surface area contributed by atoms with E-state index in [4.69, 9.17) is 5.11 Å². The predicted molar refractivity (Wildman–Crippen MR) is 68.5 cm³/mol. The third-order valence-corrected chi connectivity index (χ3v) is 2.86. The Labute approximate surface area is 103 Å². The van der Waals surface area contributed by atoms with Crippen LogP contribution in [0.15, 0.2) is 48.8 Å². The monoisotopic (exact) mass is 238 g/mol. The molecule has 1 aromatic carbocycles. The molecule has 0 radical (unpaired) electrons. The molecule has 0 saturated carbocycles. The zero-order chi connectivity index (χ0) is 12.5. The highest BCUT2D eigenvalue weighted by molar-refractivity contribution is 5.98. The number of aromatic nitrogens is 2. The van der Waals surface area contributed by atoms with Crippen molar-refractivity contribution in [3.63, 3.8) is 0 Å². The van der Waals surface area contributed by atoms with E-state index >= 15 is 0 Å². The Kier molecular flexibility index (Phi) is 2.34. The summed E-state index contributed by atoms with van der Waals surface area (Å²) in [5.74, 6) is -0.968. The highest BCUT2D eigenvalue weighted by atomic mass is 16.4. The van der Waals surface area contributed by atoms with E-state index in [0.29, 0.717) is 5.65 Å². The molecule has 2 heterocycles. The number of H-pyrrole nitrogens is 1. The Morgan fingerprint density at radius 2 is 2.00 bits per heavy atom. The summed E-state index contributed by atoms with van der Waals surface area (Å²) in [5.41, 5.74) is 2.88. The van der Waals surface area contributed by atoms with Crippen molar-refractivity contribution in [1.82, 2.24) is 9.97 Å². The molecule has 0 fully saturated rings. The molecular formula is C14H10N2O2.